The van der Waals surface area contributed by atoms with Crippen LogP contribution in [-0.2, 0) is 0 Å². The molecule has 0 aliphatic heterocycles. The minimum atomic E-state index is -0.793. The van der Waals surface area contributed by atoms with Crippen LogP contribution < -0.4 is 10.5 Å². The number of benzene rings is 1. The first-order chi connectivity index (χ1) is 9.22. The van der Waals surface area contributed by atoms with Crippen molar-refractivity contribution in [1.29, 1.82) is 0 Å². The van der Waals surface area contributed by atoms with Gasteiger partial charge in [-0.1, -0.05) is 25.1 Å². The summed E-state index contributed by atoms with van der Waals surface area (Å²) in [6.07, 6.45) is 1.76. The summed E-state index contributed by atoms with van der Waals surface area (Å²) in [5.74, 6) is 1.09. The van der Waals surface area contributed by atoms with E-state index >= 15 is 0 Å². The summed E-state index contributed by atoms with van der Waals surface area (Å²) in [4.78, 5) is 3.98. The van der Waals surface area contributed by atoms with Crippen molar-refractivity contribution in [2.45, 2.75) is 19.4 Å². The molecule has 0 saturated carbocycles. The molecule has 1 aromatic carbocycles. The van der Waals surface area contributed by atoms with Gasteiger partial charge in [-0.05, 0) is 30.2 Å². The van der Waals surface area contributed by atoms with E-state index in [0.717, 1.165) is 17.7 Å². The lowest BCUT2D eigenvalue weighted by Gasteiger charge is -2.14. The molecule has 100 valence electrons. The first kappa shape index (κ1) is 13.4. The highest BCUT2D eigenvalue weighted by Crippen LogP contribution is 2.27. The van der Waals surface area contributed by atoms with Crippen LogP contribution in [0.5, 0.6) is 5.75 Å². The maximum Gasteiger partial charge on any atom is 0.129 e. The fraction of sp³-hybridized carbons (Fsp3) is 0.267. The van der Waals surface area contributed by atoms with E-state index < -0.39 is 6.10 Å². The normalized spacial score (nSPS) is 12.1. The van der Waals surface area contributed by atoms with Crippen LogP contribution in [0.25, 0.3) is 0 Å². The largest absolute Gasteiger partial charge is 0.494 e. The Balaban J connectivity index is 2.24. The van der Waals surface area contributed by atoms with Gasteiger partial charge in [0.05, 0.1) is 6.61 Å². The number of hydrogen-bond donors (Lipinski definition) is 2. The lowest BCUT2D eigenvalue weighted by atomic mass is 10.0. The number of pyridine rings is 1. The van der Waals surface area contributed by atoms with Crippen LogP contribution >= 0.6 is 0 Å². The summed E-state index contributed by atoms with van der Waals surface area (Å²) in [5.41, 5.74) is 7.13. The molecule has 1 heterocycles. The van der Waals surface area contributed by atoms with Crippen molar-refractivity contribution in [2.24, 2.45) is 0 Å². The Labute approximate surface area is 112 Å². The molecule has 0 saturated heterocycles. The van der Waals surface area contributed by atoms with E-state index in [1.54, 1.807) is 18.3 Å². The van der Waals surface area contributed by atoms with E-state index in [1.165, 1.54) is 0 Å². The predicted molar refractivity (Wildman–Crippen MR) is 74.9 cm³/mol. The third-order valence-corrected chi connectivity index (χ3v) is 2.81. The van der Waals surface area contributed by atoms with Crippen LogP contribution in [0.3, 0.4) is 0 Å². The highest BCUT2D eigenvalue weighted by atomic mass is 16.5. The number of ether oxygens (including phenoxy) is 1. The van der Waals surface area contributed by atoms with Gasteiger partial charge in [0.15, 0.2) is 0 Å². The molecule has 2 aromatic rings. The van der Waals surface area contributed by atoms with Crippen LogP contribution in [0.1, 0.15) is 30.6 Å². The average Bonchev–Trinajstić information content (AvgIpc) is 2.45. The van der Waals surface area contributed by atoms with Crippen LogP contribution in [0.15, 0.2) is 42.6 Å². The highest BCUT2D eigenvalue weighted by molar-refractivity contribution is 5.45. The number of rotatable bonds is 5. The van der Waals surface area contributed by atoms with Crippen LogP contribution in [0.2, 0.25) is 0 Å². The van der Waals surface area contributed by atoms with Gasteiger partial charge in [-0.2, -0.15) is 0 Å². The van der Waals surface area contributed by atoms with Gasteiger partial charge in [-0.3, -0.25) is 0 Å². The molecule has 0 bridgehead atoms. The number of nitrogen functional groups attached to an aromatic ring is 1. The van der Waals surface area contributed by atoms with E-state index in [4.69, 9.17) is 10.5 Å². The summed E-state index contributed by atoms with van der Waals surface area (Å²) in [6, 6.07) is 10.9. The Morgan fingerprint density at radius 3 is 2.89 bits per heavy atom. The number of hydrogen-bond acceptors (Lipinski definition) is 4. The lowest BCUT2D eigenvalue weighted by molar-refractivity contribution is 0.219. The fourth-order valence-corrected chi connectivity index (χ4v) is 1.84. The number of nitrogens with two attached hydrogens (primary N) is 1. The van der Waals surface area contributed by atoms with Gasteiger partial charge in [0.2, 0.25) is 0 Å². The number of aliphatic hydroxyl groups is 1. The molecule has 2 rings (SSSR count). The first-order valence-corrected chi connectivity index (χ1v) is 6.33. The zero-order chi connectivity index (χ0) is 13.7. The SMILES string of the molecule is CCCOc1cccc(C(O)c2cccnc2N)c1. The number of aromatic nitrogens is 1. The van der Waals surface area contributed by atoms with Gasteiger partial charge in [0.25, 0.3) is 0 Å². The molecule has 4 heteroatoms. The van der Waals surface area contributed by atoms with E-state index in [2.05, 4.69) is 11.9 Å². The van der Waals surface area contributed by atoms with Crippen LogP contribution in [0, 0.1) is 0 Å². The number of anilines is 1. The van der Waals surface area contributed by atoms with Gasteiger partial charge >= 0.3 is 0 Å². The van der Waals surface area contributed by atoms with Crippen molar-refractivity contribution in [3.63, 3.8) is 0 Å². The molecule has 4 nitrogen and oxygen atoms in total. The van der Waals surface area contributed by atoms with Gasteiger partial charge < -0.3 is 15.6 Å². The molecule has 0 fully saturated rings. The zero-order valence-corrected chi connectivity index (χ0v) is 10.9. The van der Waals surface area contributed by atoms with Crippen molar-refractivity contribution in [1.82, 2.24) is 4.98 Å². The molecule has 0 aliphatic rings. The van der Waals surface area contributed by atoms with Crippen LogP contribution in [0.4, 0.5) is 5.82 Å². The average molecular weight is 258 g/mol. The third kappa shape index (κ3) is 3.23. The summed E-state index contributed by atoms with van der Waals surface area (Å²) >= 11 is 0. The summed E-state index contributed by atoms with van der Waals surface area (Å²) in [6.45, 7) is 2.71. The quantitative estimate of drug-likeness (QED) is 0.864. The van der Waals surface area contributed by atoms with Gasteiger partial charge in [0.1, 0.15) is 17.7 Å². The molecule has 0 amide bonds. The Kier molecular flexibility index (Phi) is 4.36. The second-order valence-corrected chi connectivity index (χ2v) is 4.30. The zero-order valence-electron chi connectivity index (χ0n) is 10.9. The topological polar surface area (TPSA) is 68.4 Å². The standard InChI is InChI=1S/C15H18N2O2/c1-2-9-19-12-6-3-5-11(10-12)14(18)13-7-4-8-17-15(13)16/h3-8,10,14,18H,2,9H2,1H3,(H2,16,17). The smallest absolute Gasteiger partial charge is 0.129 e. The van der Waals surface area contributed by atoms with E-state index in [0.29, 0.717) is 18.0 Å². The molecular weight excluding hydrogens is 240 g/mol. The maximum atomic E-state index is 10.3. The number of nitrogens with zero attached hydrogens (tertiary/aromatic N) is 1. The minimum Gasteiger partial charge on any atom is -0.494 e. The summed E-state index contributed by atoms with van der Waals surface area (Å²) < 4.78 is 5.55. The molecule has 1 aromatic heterocycles. The van der Waals surface area contributed by atoms with Gasteiger partial charge in [-0.15, -0.1) is 0 Å². The highest BCUT2D eigenvalue weighted by Gasteiger charge is 2.14. The van der Waals surface area contributed by atoms with Gasteiger partial charge in [0, 0.05) is 11.8 Å². The maximum absolute atomic E-state index is 10.3. The van der Waals surface area contributed by atoms with Gasteiger partial charge in [-0.25, -0.2) is 4.98 Å². The third-order valence-electron chi connectivity index (χ3n) is 2.81. The second-order valence-electron chi connectivity index (χ2n) is 4.30. The molecular formula is C15H18N2O2. The summed E-state index contributed by atoms with van der Waals surface area (Å²) in [7, 11) is 0. The van der Waals surface area contributed by atoms with E-state index in [1.807, 2.05) is 24.3 Å². The van der Waals surface area contributed by atoms with Crippen molar-refractivity contribution < 1.29 is 9.84 Å². The van der Waals surface area contributed by atoms with Crippen molar-refractivity contribution in [3.05, 3.63) is 53.7 Å². The fourth-order valence-electron chi connectivity index (χ4n) is 1.84. The molecule has 0 aliphatic carbocycles. The van der Waals surface area contributed by atoms with Crippen LogP contribution in [-0.4, -0.2) is 16.7 Å². The molecule has 0 spiro atoms. The molecule has 1 unspecified atom stereocenters. The van der Waals surface area contributed by atoms with Crippen molar-refractivity contribution in [3.8, 4) is 5.75 Å². The van der Waals surface area contributed by atoms with Crippen molar-refractivity contribution in [2.75, 3.05) is 12.3 Å². The van der Waals surface area contributed by atoms with E-state index in [-0.39, 0.29) is 0 Å². The Morgan fingerprint density at radius 2 is 2.16 bits per heavy atom. The molecule has 19 heavy (non-hydrogen) atoms. The Bertz CT molecular complexity index is 543. The number of aliphatic hydroxyl groups excluding tert-OH is 1. The first-order valence-electron chi connectivity index (χ1n) is 6.33. The second kappa shape index (κ2) is 6.20. The lowest BCUT2D eigenvalue weighted by Crippen LogP contribution is -2.05. The monoisotopic (exact) mass is 258 g/mol. The molecule has 1 atom stereocenters. The Hall–Kier alpha value is -2.07. The van der Waals surface area contributed by atoms with E-state index in [9.17, 15) is 5.11 Å². The molecule has 3 N–H and O–H groups in total. The summed E-state index contributed by atoms with van der Waals surface area (Å²) in [5, 5.41) is 10.3. The predicted octanol–water partition coefficient (Wildman–Crippen LogP) is 2.53. The molecule has 0 radical (unpaired) electrons. The Morgan fingerprint density at radius 1 is 1.32 bits per heavy atom. The minimum absolute atomic E-state index is 0.342. The van der Waals surface area contributed by atoms with Crippen molar-refractivity contribution >= 4 is 5.82 Å².